The zero-order valence-electron chi connectivity index (χ0n) is 13.5. The highest BCUT2D eigenvalue weighted by molar-refractivity contribution is 5.62. The highest BCUT2D eigenvalue weighted by atomic mass is 16.3. The first-order chi connectivity index (χ1) is 11.2. The molecule has 1 aromatic carbocycles. The van der Waals surface area contributed by atoms with E-state index in [0.29, 0.717) is 12.1 Å². The lowest BCUT2D eigenvalue weighted by molar-refractivity contribution is 0.0529. The first-order valence-electron chi connectivity index (χ1n) is 8.44. The van der Waals surface area contributed by atoms with E-state index in [1.54, 1.807) is 0 Å². The third-order valence-electron chi connectivity index (χ3n) is 5.23. The number of hydrogen-bond acceptors (Lipinski definition) is 4. The minimum atomic E-state index is -0.152. The lowest BCUT2D eigenvalue weighted by Crippen LogP contribution is -2.54. The van der Waals surface area contributed by atoms with Crippen LogP contribution < -0.4 is 0 Å². The molecule has 2 saturated heterocycles. The summed E-state index contributed by atoms with van der Waals surface area (Å²) < 4.78 is 0. The highest BCUT2D eigenvalue weighted by Crippen LogP contribution is 2.28. The molecule has 2 aliphatic heterocycles. The molecule has 1 aromatic heterocycles. The number of aliphatic hydroxyl groups is 1. The summed E-state index contributed by atoms with van der Waals surface area (Å²) in [4.78, 5) is 4.97. The van der Waals surface area contributed by atoms with E-state index in [2.05, 4.69) is 51.2 Å². The predicted molar refractivity (Wildman–Crippen MR) is 89.9 cm³/mol. The molecule has 2 aromatic rings. The third-order valence-corrected chi connectivity index (χ3v) is 5.23. The Labute approximate surface area is 136 Å². The van der Waals surface area contributed by atoms with Gasteiger partial charge in [0.1, 0.15) is 0 Å². The Morgan fingerprint density at radius 2 is 2.04 bits per heavy atom. The van der Waals surface area contributed by atoms with Crippen molar-refractivity contribution in [3.05, 3.63) is 42.1 Å². The Hall–Kier alpha value is -1.69. The Morgan fingerprint density at radius 3 is 2.87 bits per heavy atom. The summed E-state index contributed by atoms with van der Waals surface area (Å²) >= 11 is 0. The second kappa shape index (κ2) is 6.07. The molecular formula is C18H24N4O. The maximum atomic E-state index is 9.91. The molecule has 0 spiro atoms. The molecule has 3 heterocycles. The topological polar surface area (TPSA) is 55.4 Å². The molecule has 2 aliphatic rings. The van der Waals surface area contributed by atoms with Crippen molar-refractivity contribution in [1.29, 1.82) is 0 Å². The summed E-state index contributed by atoms with van der Waals surface area (Å²) in [6, 6.07) is 11.4. The van der Waals surface area contributed by atoms with E-state index < -0.39 is 0 Å². The third kappa shape index (κ3) is 2.92. The van der Waals surface area contributed by atoms with Gasteiger partial charge < -0.3 is 5.11 Å². The molecule has 122 valence electrons. The number of benzene rings is 1. The largest absolute Gasteiger partial charge is 0.392 e. The van der Waals surface area contributed by atoms with Crippen LogP contribution in [0.3, 0.4) is 0 Å². The maximum absolute atomic E-state index is 9.91. The molecule has 5 nitrogen and oxygen atoms in total. The predicted octanol–water partition coefficient (Wildman–Crippen LogP) is 1.72. The smallest absolute Gasteiger partial charge is 0.0695 e. The fourth-order valence-electron chi connectivity index (χ4n) is 4.00. The molecule has 0 aliphatic carbocycles. The number of hydrogen-bond donors (Lipinski definition) is 2. The monoisotopic (exact) mass is 312 g/mol. The summed E-state index contributed by atoms with van der Waals surface area (Å²) in [5.41, 5.74) is 3.55. The van der Waals surface area contributed by atoms with Crippen LogP contribution in [0.1, 0.15) is 18.9 Å². The second-order valence-corrected chi connectivity index (χ2v) is 6.91. The van der Waals surface area contributed by atoms with Gasteiger partial charge in [-0.05, 0) is 18.9 Å². The number of rotatable bonds is 3. The number of H-pyrrole nitrogens is 1. The number of nitrogens with one attached hydrogen (secondary N) is 1. The number of piperazine rings is 1. The first-order valence-corrected chi connectivity index (χ1v) is 8.44. The van der Waals surface area contributed by atoms with E-state index in [-0.39, 0.29) is 6.10 Å². The van der Waals surface area contributed by atoms with Gasteiger partial charge in [-0.3, -0.25) is 14.9 Å². The van der Waals surface area contributed by atoms with Crippen LogP contribution in [0.15, 0.2) is 36.5 Å². The number of nitrogens with zero attached hydrogens (tertiary/aromatic N) is 3. The van der Waals surface area contributed by atoms with Gasteiger partial charge in [0.15, 0.2) is 0 Å². The van der Waals surface area contributed by atoms with Crippen molar-refractivity contribution in [2.75, 3.05) is 19.6 Å². The van der Waals surface area contributed by atoms with E-state index in [9.17, 15) is 5.11 Å². The summed E-state index contributed by atoms with van der Waals surface area (Å²) in [7, 11) is 0. The molecule has 0 unspecified atom stereocenters. The van der Waals surface area contributed by atoms with Gasteiger partial charge in [-0.25, -0.2) is 0 Å². The Morgan fingerprint density at radius 1 is 1.22 bits per heavy atom. The number of aromatic amines is 1. The van der Waals surface area contributed by atoms with E-state index in [4.69, 9.17) is 0 Å². The van der Waals surface area contributed by atoms with Crippen LogP contribution in [0.25, 0.3) is 11.3 Å². The minimum absolute atomic E-state index is 0.152. The lowest BCUT2D eigenvalue weighted by atomic mass is 10.0. The molecule has 5 heteroatoms. The van der Waals surface area contributed by atoms with Crippen LogP contribution in [-0.2, 0) is 6.54 Å². The van der Waals surface area contributed by atoms with Crippen LogP contribution in [0.4, 0.5) is 0 Å². The molecule has 0 saturated carbocycles. The van der Waals surface area contributed by atoms with Gasteiger partial charge in [0, 0.05) is 43.8 Å². The molecule has 2 N–H and O–H groups in total. The van der Waals surface area contributed by atoms with Crippen molar-refractivity contribution in [3.63, 3.8) is 0 Å². The molecule has 0 radical (unpaired) electrons. The summed E-state index contributed by atoms with van der Waals surface area (Å²) in [5.74, 6) is 0. The molecule has 2 fully saturated rings. The molecular weight excluding hydrogens is 288 g/mol. The molecule has 3 atom stereocenters. The van der Waals surface area contributed by atoms with Crippen molar-refractivity contribution in [2.24, 2.45) is 0 Å². The van der Waals surface area contributed by atoms with Crippen LogP contribution in [0, 0.1) is 0 Å². The molecule has 0 amide bonds. The fraction of sp³-hybridized carbons (Fsp3) is 0.500. The SMILES string of the molecule is C[C@H]1CN2C[C@H](O)C[C@@H]2CN1Cc1cn[nH]c1-c1ccccc1. The molecule has 0 bridgehead atoms. The fourth-order valence-corrected chi connectivity index (χ4v) is 4.00. The molecule has 4 rings (SSSR count). The Bertz CT molecular complexity index is 656. The number of aliphatic hydroxyl groups excluding tert-OH is 1. The standard InChI is InChI=1S/C18H24N4O/c1-13-9-22-12-17(23)7-16(22)11-21(13)10-15-8-19-20-18(15)14-5-3-2-4-6-14/h2-6,8,13,16-17,23H,7,9-12H2,1H3,(H,19,20)/t13-,16+,17+/m0/s1. The van der Waals surface area contributed by atoms with Gasteiger partial charge in [0.25, 0.3) is 0 Å². The van der Waals surface area contributed by atoms with Crippen molar-refractivity contribution in [2.45, 2.75) is 38.1 Å². The van der Waals surface area contributed by atoms with Crippen molar-refractivity contribution < 1.29 is 5.11 Å². The maximum Gasteiger partial charge on any atom is 0.0695 e. The van der Waals surface area contributed by atoms with Gasteiger partial charge in [0.2, 0.25) is 0 Å². The average Bonchev–Trinajstić information content (AvgIpc) is 3.14. The zero-order chi connectivity index (χ0) is 15.8. The lowest BCUT2D eigenvalue weighted by Gasteiger charge is -2.42. The van der Waals surface area contributed by atoms with Gasteiger partial charge in [0.05, 0.1) is 18.0 Å². The zero-order valence-corrected chi connectivity index (χ0v) is 13.5. The average molecular weight is 312 g/mol. The van der Waals surface area contributed by atoms with E-state index in [1.165, 1.54) is 11.1 Å². The van der Waals surface area contributed by atoms with Crippen LogP contribution >= 0.6 is 0 Å². The summed E-state index contributed by atoms with van der Waals surface area (Å²) in [6.07, 6.45) is 2.70. The Balaban J connectivity index is 1.52. The second-order valence-electron chi connectivity index (χ2n) is 6.91. The van der Waals surface area contributed by atoms with Crippen molar-refractivity contribution >= 4 is 0 Å². The summed E-state index contributed by atoms with van der Waals surface area (Å²) in [5, 5.41) is 17.3. The van der Waals surface area contributed by atoms with Crippen LogP contribution in [0.2, 0.25) is 0 Å². The minimum Gasteiger partial charge on any atom is -0.392 e. The van der Waals surface area contributed by atoms with Crippen LogP contribution in [0.5, 0.6) is 0 Å². The van der Waals surface area contributed by atoms with Gasteiger partial charge in [-0.15, -0.1) is 0 Å². The number of aromatic nitrogens is 2. The highest BCUT2D eigenvalue weighted by Gasteiger charge is 2.38. The normalized spacial score (nSPS) is 28.9. The van der Waals surface area contributed by atoms with Gasteiger partial charge >= 0.3 is 0 Å². The van der Waals surface area contributed by atoms with E-state index >= 15 is 0 Å². The van der Waals surface area contributed by atoms with Crippen LogP contribution in [-0.4, -0.2) is 62.9 Å². The first kappa shape index (κ1) is 14.9. The summed E-state index contributed by atoms with van der Waals surface area (Å²) in [6.45, 7) is 6.09. The number of fused-ring (bicyclic) bond motifs is 1. The van der Waals surface area contributed by atoms with E-state index in [1.807, 2.05) is 12.3 Å². The van der Waals surface area contributed by atoms with Crippen molar-refractivity contribution in [3.8, 4) is 11.3 Å². The van der Waals surface area contributed by atoms with Gasteiger partial charge in [-0.1, -0.05) is 30.3 Å². The Kier molecular flexibility index (Phi) is 3.93. The quantitative estimate of drug-likeness (QED) is 0.906. The molecule has 23 heavy (non-hydrogen) atoms. The van der Waals surface area contributed by atoms with Crippen molar-refractivity contribution in [1.82, 2.24) is 20.0 Å². The van der Waals surface area contributed by atoms with E-state index in [0.717, 1.165) is 38.3 Å². The van der Waals surface area contributed by atoms with Gasteiger partial charge in [-0.2, -0.15) is 5.10 Å².